The van der Waals surface area contributed by atoms with Crippen LogP contribution in [0.4, 0.5) is 16.2 Å². The number of anilines is 2. The van der Waals surface area contributed by atoms with Gasteiger partial charge in [-0.3, -0.25) is 0 Å². The third-order valence-electron chi connectivity index (χ3n) is 7.98. The van der Waals surface area contributed by atoms with E-state index in [0.29, 0.717) is 16.3 Å². The minimum absolute atomic E-state index is 0.0489. The Balaban J connectivity index is 1.24. The van der Waals surface area contributed by atoms with Crippen LogP contribution in [0.2, 0.25) is 5.02 Å². The molecular formula is C27H40ClFN6. The molecule has 1 N–H and O–H groups in total. The summed E-state index contributed by atoms with van der Waals surface area (Å²) in [6.07, 6.45) is 12.4. The van der Waals surface area contributed by atoms with E-state index in [1.165, 1.54) is 32.5 Å². The van der Waals surface area contributed by atoms with Gasteiger partial charge >= 0.3 is 0 Å². The molecule has 1 aromatic heterocycles. The van der Waals surface area contributed by atoms with E-state index < -0.39 is 0 Å². The lowest BCUT2D eigenvalue weighted by molar-refractivity contribution is -0.0320. The van der Waals surface area contributed by atoms with Crippen LogP contribution in [0, 0.1) is 11.3 Å². The van der Waals surface area contributed by atoms with Gasteiger partial charge in [0.2, 0.25) is 5.95 Å². The number of halogens is 2. The molecule has 0 saturated carbocycles. The highest BCUT2D eigenvalue weighted by molar-refractivity contribution is 6.32. The Morgan fingerprint density at radius 2 is 1.86 bits per heavy atom. The summed E-state index contributed by atoms with van der Waals surface area (Å²) in [6.45, 7) is 14.9. The van der Waals surface area contributed by atoms with Crippen LogP contribution in [-0.4, -0.2) is 65.6 Å². The smallest absolute Gasteiger partial charge is 0.227 e. The van der Waals surface area contributed by atoms with Gasteiger partial charge in [-0.15, -0.1) is 0 Å². The fourth-order valence-corrected chi connectivity index (χ4v) is 5.83. The number of piperidine rings is 2. The highest BCUT2D eigenvalue weighted by atomic mass is 35.5. The fourth-order valence-electron chi connectivity index (χ4n) is 5.69. The zero-order valence-corrected chi connectivity index (χ0v) is 22.4. The van der Waals surface area contributed by atoms with Crippen LogP contribution < -0.4 is 10.2 Å². The van der Waals surface area contributed by atoms with Crippen LogP contribution in [0.1, 0.15) is 53.4 Å². The zero-order chi connectivity index (χ0) is 25.0. The van der Waals surface area contributed by atoms with E-state index in [4.69, 9.17) is 16.6 Å². The largest absolute Gasteiger partial charge is 0.373 e. The van der Waals surface area contributed by atoms with Crippen LogP contribution >= 0.6 is 11.6 Å². The Bertz CT molecular complexity index is 962. The molecule has 3 fully saturated rings. The van der Waals surface area contributed by atoms with Crippen molar-refractivity contribution in [2.24, 2.45) is 11.3 Å². The van der Waals surface area contributed by atoms with Crippen molar-refractivity contribution in [1.82, 2.24) is 19.8 Å². The maximum Gasteiger partial charge on any atom is 0.227 e. The van der Waals surface area contributed by atoms with Crippen molar-refractivity contribution in [3.05, 3.63) is 46.7 Å². The molecule has 192 valence electrons. The Morgan fingerprint density at radius 3 is 2.46 bits per heavy atom. The lowest BCUT2D eigenvalue weighted by Crippen LogP contribution is -2.61. The molecule has 0 unspecified atom stereocenters. The van der Waals surface area contributed by atoms with Crippen molar-refractivity contribution in [1.29, 1.82) is 0 Å². The maximum atomic E-state index is 13.5. The second kappa shape index (κ2) is 11.3. The number of likely N-dealkylation sites (tertiary alicyclic amines) is 2. The Hall–Kier alpha value is -2.12. The minimum Gasteiger partial charge on any atom is -0.373 e. The van der Waals surface area contributed by atoms with Gasteiger partial charge in [0.1, 0.15) is 10.8 Å². The first-order valence-corrected chi connectivity index (χ1v) is 13.3. The number of nitrogens with zero attached hydrogens (tertiary/aromatic N) is 5. The summed E-state index contributed by atoms with van der Waals surface area (Å²) < 4.78 is 13.5. The number of allylic oxidation sites excluding steroid dienone is 5. The average Bonchev–Trinajstić information content (AvgIpc) is 2.84. The second-order valence-corrected chi connectivity index (χ2v) is 10.8. The quantitative estimate of drug-likeness (QED) is 0.471. The van der Waals surface area contributed by atoms with E-state index in [1.54, 1.807) is 13.1 Å². The Labute approximate surface area is 214 Å². The highest BCUT2D eigenvalue weighted by Crippen LogP contribution is 2.42. The summed E-state index contributed by atoms with van der Waals surface area (Å²) in [5.74, 6) is 2.08. The standard InChI is InChI=1S/C27H40ClFN6/c1-5-7-23(6-2)31-25-24(28)16-30-26(32-25)35-14-10-27(11-15-35)18-33(19-27)17-22-8-12-34(13-9-22)21(4)20(3)29/h5-7,16,22H,8-15,17-19H2,1-4H3,(H,30,31,32)/b7-5-,21-20-,23-6+. The molecule has 35 heavy (non-hydrogen) atoms. The van der Waals surface area contributed by atoms with Crippen molar-refractivity contribution in [3.8, 4) is 0 Å². The SMILES string of the molecule is C/C=C\C(=C/C)Nc1nc(N2CCC3(CC2)CN(CC2CCN(/C(C)=C(/C)F)CC2)C3)ncc1Cl. The average molecular weight is 503 g/mol. The molecule has 6 nitrogen and oxygen atoms in total. The third-order valence-corrected chi connectivity index (χ3v) is 8.26. The van der Waals surface area contributed by atoms with E-state index in [-0.39, 0.29) is 5.83 Å². The second-order valence-electron chi connectivity index (χ2n) is 10.4. The number of hydrogen-bond acceptors (Lipinski definition) is 6. The van der Waals surface area contributed by atoms with Gasteiger partial charge in [-0.1, -0.05) is 23.8 Å². The molecule has 1 spiro atoms. The molecule has 0 bridgehead atoms. The van der Waals surface area contributed by atoms with Gasteiger partial charge in [-0.05, 0) is 70.8 Å². The molecule has 0 aliphatic carbocycles. The number of rotatable bonds is 7. The molecule has 4 heterocycles. The van der Waals surface area contributed by atoms with Gasteiger partial charge in [0.25, 0.3) is 0 Å². The first kappa shape index (κ1) is 26.0. The van der Waals surface area contributed by atoms with Gasteiger partial charge in [0.05, 0.1) is 6.20 Å². The van der Waals surface area contributed by atoms with Gasteiger partial charge in [0, 0.05) is 57.2 Å². The lowest BCUT2D eigenvalue weighted by Gasteiger charge is -2.55. The summed E-state index contributed by atoms with van der Waals surface area (Å²) in [4.78, 5) is 16.4. The molecule has 0 radical (unpaired) electrons. The summed E-state index contributed by atoms with van der Waals surface area (Å²) in [5, 5.41) is 3.83. The van der Waals surface area contributed by atoms with Crippen molar-refractivity contribution >= 4 is 23.4 Å². The molecule has 3 aliphatic rings. The topological polar surface area (TPSA) is 47.5 Å². The third kappa shape index (κ3) is 6.18. The van der Waals surface area contributed by atoms with E-state index in [1.807, 2.05) is 39.0 Å². The summed E-state index contributed by atoms with van der Waals surface area (Å²) >= 11 is 6.36. The molecular weight excluding hydrogens is 463 g/mol. The molecule has 3 saturated heterocycles. The number of aromatic nitrogens is 2. The predicted octanol–water partition coefficient (Wildman–Crippen LogP) is 5.86. The maximum absolute atomic E-state index is 13.5. The minimum atomic E-state index is -0.0489. The van der Waals surface area contributed by atoms with Gasteiger partial charge in [-0.25, -0.2) is 9.37 Å². The van der Waals surface area contributed by atoms with E-state index >= 15 is 0 Å². The monoisotopic (exact) mass is 502 g/mol. The van der Waals surface area contributed by atoms with Gasteiger partial charge < -0.3 is 20.0 Å². The van der Waals surface area contributed by atoms with Crippen LogP contribution in [0.15, 0.2) is 41.6 Å². The molecule has 1 aromatic rings. The van der Waals surface area contributed by atoms with E-state index in [9.17, 15) is 4.39 Å². The highest BCUT2D eigenvalue weighted by Gasteiger charge is 2.45. The molecule has 3 aliphatic heterocycles. The predicted molar refractivity (Wildman–Crippen MR) is 143 cm³/mol. The van der Waals surface area contributed by atoms with Crippen LogP contribution in [0.5, 0.6) is 0 Å². The summed E-state index contributed by atoms with van der Waals surface area (Å²) in [7, 11) is 0. The Morgan fingerprint density at radius 1 is 1.17 bits per heavy atom. The fraction of sp³-hybridized carbons (Fsp3) is 0.630. The van der Waals surface area contributed by atoms with Crippen LogP contribution in [0.3, 0.4) is 0 Å². The van der Waals surface area contributed by atoms with Gasteiger partial charge in [0.15, 0.2) is 5.82 Å². The van der Waals surface area contributed by atoms with Crippen molar-refractivity contribution in [2.75, 3.05) is 56.0 Å². The summed E-state index contributed by atoms with van der Waals surface area (Å²) in [5.41, 5.74) is 2.21. The lowest BCUT2D eigenvalue weighted by atomic mass is 9.71. The van der Waals surface area contributed by atoms with Crippen molar-refractivity contribution < 1.29 is 4.39 Å². The molecule has 0 atom stereocenters. The zero-order valence-electron chi connectivity index (χ0n) is 21.7. The van der Waals surface area contributed by atoms with Crippen LogP contribution in [-0.2, 0) is 0 Å². The number of hydrogen-bond donors (Lipinski definition) is 1. The Kier molecular flexibility index (Phi) is 8.38. The van der Waals surface area contributed by atoms with Gasteiger partial charge in [-0.2, -0.15) is 4.98 Å². The van der Waals surface area contributed by atoms with Crippen LogP contribution in [0.25, 0.3) is 0 Å². The van der Waals surface area contributed by atoms with E-state index in [0.717, 1.165) is 62.3 Å². The number of nitrogens with one attached hydrogen (secondary N) is 1. The first-order valence-electron chi connectivity index (χ1n) is 13.0. The normalized spacial score (nSPS) is 22.5. The molecule has 4 rings (SSSR count). The van der Waals surface area contributed by atoms with E-state index in [2.05, 4.69) is 25.0 Å². The first-order chi connectivity index (χ1) is 16.8. The molecule has 0 amide bonds. The van der Waals surface area contributed by atoms with Crippen molar-refractivity contribution in [2.45, 2.75) is 53.4 Å². The van der Waals surface area contributed by atoms with Crippen molar-refractivity contribution in [3.63, 3.8) is 0 Å². The molecule has 8 heteroatoms. The molecule has 0 aromatic carbocycles. The summed E-state index contributed by atoms with van der Waals surface area (Å²) in [6, 6.07) is 0.